The zero-order chi connectivity index (χ0) is 20.4. The molecule has 1 aromatic carbocycles. The lowest BCUT2D eigenvalue weighted by atomic mass is 9.94. The van der Waals surface area contributed by atoms with Gasteiger partial charge in [0.15, 0.2) is 0 Å². The number of halogens is 2. The Hall–Kier alpha value is -2.64. The number of hydrogen-bond acceptors (Lipinski definition) is 5. The van der Waals surface area contributed by atoms with Crippen LogP contribution in [0.2, 0.25) is 10.0 Å². The maximum atomic E-state index is 12.0. The molecule has 28 heavy (non-hydrogen) atoms. The summed E-state index contributed by atoms with van der Waals surface area (Å²) in [7, 11) is 1.70. The summed E-state index contributed by atoms with van der Waals surface area (Å²) in [5.74, 6) is -0.0703. The first-order valence-corrected chi connectivity index (χ1v) is 9.49. The van der Waals surface area contributed by atoms with Gasteiger partial charge in [0, 0.05) is 34.5 Å². The van der Waals surface area contributed by atoms with E-state index in [0.717, 1.165) is 12.0 Å². The average molecular weight is 419 g/mol. The monoisotopic (exact) mass is 418 g/mol. The molecule has 146 valence electrons. The molecule has 2 heterocycles. The fourth-order valence-electron chi connectivity index (χ4n) is 3.00. The van der Waals surface area contributed by atoms with Gasteiger partial charge in [0.1, 0.15) is 11.4 Å². The van der Waals surface area contributed by atoms with Gasteiger partial charge in [-0.1, -0.05) is 37.0 Å². The van der Waals surface area contributed by atoms with E-state index in [0.29, 0.717) is 38.8 Å². The number of benzene rings is 1. The van der Waals surface area contributed by atoms with E-state index < -0.39 is 5.91 Å². The number of rotatable bonds is 6. The number of carbonyl (C=O) groups excluding carboxylic acids is 1. The van der Waals surface area contributed by atoms with E-state index in [-0.39, 0.29) is 5.92 Å². The van der Waals surface area contributed by atoms with Crippen LogP contribution in [0.25, 0.3) is 11.4 Å². The van der Waals surface area contributed by atoms with Crippen LogP contribution in [0.3, 0.4) is 0 Å². The molecule has 0 aliphatic carbocycles. The van der Waals surface area contributed by atoms with E-state index in [2.05, 4.69) is 20.4 Å². The Labute approximate surface area is 172 Å². The van der Waals surface area contributed by atoms with Crippen molar-refractivity contribution in [3.8, 4) is 11.4 Å². The van der Waals surface area contributed by atoms with Gasteiger partial charge in [-0.05, 0) is 36.6 Å². The molecule has 2 aromatic heterocycles. The van der Waals surface area contributed by atoms with Crippen molar-refractivity contribution in [2.24, 2.45) is 12.8 Å². The lowest BCUT2D eigenvalue weighted by Crippen LogP contribution is -2.18. The van der Waals surface area contributed by atoms with E-state index in [1.807, 2.05) is 13.8 Å². The maximum absolute atomic E-state index is 12.0. The molecule has 1 amide bonds. The van der Waals surface area contributed by atoms with Crippen molar-refractivity contribution >= 4 is 40.7 Å². The van der Waals surface area contributed by atoms with Gasteiger partial charge in [-0.25, -0.2) is 9.97 Å². The van der Waals surface area contributed by atoms with Gasteiger partial charge >= 0.3 is 0 Å². The first-order valence-electron chi connectivity index (χ1n) is 8.73. The van der Waals surface area contributed by atoms with Gasteiger partial charge in [-0.2, -0.15) is 5.10 Å². The SMILES string of the molecule is CCC(C)c1c(-c2ccnc(Nc3cc(Cl)cc(Cl)c3)n2)nn(C)c1C(N)=O. The van der Waals surface area contributed by atoms with Gasteiger partial charge < -0.3 is 11.1 Å². The van der Waals surface area contributed by atoms with Crippen LogP contribution in [0.1, 0.15) is 42.2 Å². The molecular weight excluding hydrogens is 399 g/mol. The van der Waals surface area contributed by atoms with Crippen LogP contribution in [0.4, 0.5) is 11.6 Å². The summed E-state index contributed by atoms with van der Waals surface area (Å²) in [5.41, 5.74) is 8.62. The molecule has 0 saturated carbocycles. The molecule has 1 unspecified atom stereocenters. The standard InChI is InChI=1S/C19H20Cl2N6O/c1-4-10(2)15-16(26-27(3)17(15)18(22)28)14-5-6-23-19(25-14)24-13-8-11(20)7-12(21)9-13/h5-10H,4H2,1-3H3,(H2,22,28)(H,23,24,25). The number of nitrogens with one attached hydrogen (secondary N) is 1. The predicted octanol–water partition coefficient (Wildman–Crippen LogP) is 4.54. The normalized spacial score (nSPS) is 12.0. The van der Waals surface area contributed by atoms with Crippen LogP contribution in [0.15, 0.2) is 30.5 Å². The Kier molecular flexibility index (Phi) is 5.86. The molecule has 0 aliphatic rings. The van der Waals surface area contributed by atoms with Crippen molar-refractivity contribution in [1.29, 1.82) is 0 Å². The molecule has 3 rings (SSSR count). The van der Waals surface area contributed by atoms with Gasteiger partial charge in [0.25, 0.3) is 5.91 Å². The Balaban J connectivity index is 2.05. The van der Waals surface area contributed by atoms with Crippen molar-refractivity contribution in [1.82, 2.24) is 19.7 Å². The summed E-state index contributed by atoms with van der Waals surface area (Å²) in [6, 6.07) is 6.83. The fourth-order valence-corrected chi connectivity index (χ4v) is 3.52. The summed E-state index contributed by atoms with van der Waals surface area (Å²) >= 11 is 12.1. The zero-order valence-electron chi connectivity index (χ0n) is 15.7. The third-order valence-electron chi connectivity index (χ3n) is 4.44. The molecule has 3 N–H and O–H groups in total. The predicted molar refractivity (Wildman–Crippen MR) is 111 cm³/mol. The number of nitrogens with zero attached hydrogens (tertiary/aromatic N) is 4. The minimum absolute atomic E-state index is 0.0873. The van der Waals surface area contributed by atoms with E-state index in [4.69, 9.17) is 28.9 Å². The number of aryl methyl sites for hydroxylation is 1. The van der Waals surface area contributed by atoms with Crippen molar-refractivity contribution in [3.05, 3.63) is 51.8 Å². The number of amides is 1. The molecule has 9 heteroatoms. The van der Waals surface area contributed by atoms with Crippen LogP contribution in [-0.4, -0.2) is 25.7 Å². The summed E-state index contributed by atoms with van der Waals surface area (Å²) in [4.78, 5) is 20.8. The highest BCUT2D eigenvalue weighted by Crippen LogP contribution is 2.32. The molecule has 7 nitrogen and oxygen atoms in total. The number of primary amides is 1. The summed E-state index contributed by atoms with van der Waals surface area (Å²) in [6.45, 7) is 4.07. The Bertz CT molecular complexity index is 1010. The zero-order valence-corrected chi connectivity index (χ0v) is 17.2. The maximum Gasteiger partial charge on any atom is 0.267 e. The van der Waals surface area contributed by atoms with Crippen LogP contribution < -0.4 is 11.1 Å². The number of hydrogen-bond donors (Lipinski definition) is 2. The number of nitrogens with two attached hydrogens (primary N) is 1. The minimum Gasteiger partial charge on any atom is -0.364 e. The molecule has 1 atom stereocenters. The first-order chi connectivity index (χ1) is 13.3. The Morgan fingerprint density at radius 1 is 1.29 bits per heavy atom. The van der Waals surface area contributed by atoms with E-state index in [9.17, 15) is 4.79 Å². The summed E-state index contributed by atoms with van der Waals surface area (Å²) in [5, 5.41) is 8.59. The third-order valence-corrected chi connectivity index (χ3v) is 4.88. The average Bonchev–Trinajstić information content (AvgIpc) is 2.98. The van der Waals surface area contributed by atoms with Crippen LogP contribution >= 0.6 is 23.2 Å². The van der Waals surface area contributed by atoms with Gasteiger partial charge in [-0.3, -0.25) is 9.48 Å². The molecule has 3 aromatic rings. The van der Waals surface area contributed by atoms with E-state index in [1.54, 1.807) is 37.5 Å². The third kappa shape index (κ3) is 4.10. The highest BCUT2D eigenvalue weighted by molar-refractivity contribution is 6.35. The Morgan fingerprint density at radius 3 is 2.57 bits per heavy atom. The van der Waals surface area contributed by atoms with Crippen molar-refractivity contribution in [2.45, 2.75) is 26.2 Å². The highest BCUT2D eigenvalue weighted by Gasteiger charge is 2.25. The minimum atomic E-state index is -0.516. The van der Waals surface area contributed by atoms with E-state index >= 15 is 0 Å². The van der Waals surface area contributed by atoms with E-state index in [1.165, 1.54) is 4.68 Å². The van der Waals surface area contributed by atoms with Gasteiger partial charge in [0.2, 0.25) is 5.95 Å². The lowest BCUT2D eigenvalue weighted by molar-refractivity contribution is 0.0990. The molecule has 0 spiro atoms. The quantitative estimate of drug-likeness (QED) is 0.611. The molecule has 0 fully saturated rings. The molecule has 0 radical (unpaired) electrons. The van der Waals surface area contributed by atoms with Crippen molar-refractivity contribution in [3.63, 3.8) is 0 Å². The molecule has 0 bridgehead atoms. The van der Waals surface area contributed by atoms with Crippen LogP contribution in [0.5, 0.6) is 0 Å². The van der Waals surface area contributed by atoms with Crippen LogP contribution in [0, 0.1) is 0 Å². The summed E-state index contributed by atoms with van der Waals surface area (Å²) < 4.78 is 1.51. The largest absolute Gasteiger partial charge is 0.364 e. The number of anilines is 2. The first kappa shape index (κ1) is 20.1. The Morgan fingerprint density at radius 2 is 1.96 bits per heavy atom. The summed E-state index contributed by atoms with van der Waals surface area (Å²) in [6.07, 6.45) is 2.45. The second kappa shape index (κ2) is 8.16. The topological polar surface area (TPSA) is 98.7 Å². The fraction of sp³-hybridized carbons (Fsp3) is 0.263. The van der Waals surface area contributed by atoms with Crippen molar-refractivity contribution in [2.75, 3.05) is 5.32 Å². The number of aromatic nitrogens is 4. The smallest absolute Gasteiger partial charge is 0.267 e. The van der Waals surface area contributed by atoms with Crippen molar-refractivity contribution < 1.29 is 4.79 Å². The number of carbonyl (C=O) groups is 1. The van der Waals surface area contributed by atoms with Crippen LogP contribution in [-0.2, 0) is 7.05 Å². The molecular formula is C19H20Cl2N6O. The van der Waals surface area contributed by atoms with Gasteiger partial charge in [0.05, 0.1) is 5.69 Å². The van der Waals surface area contributed by atoms with Gasteiger partial charge in [-0.15, -0.1) is 0 Å². The molecule has 0 aliphatic heterocycles. The second-order valence-corrected chi connectivity index (χ2v) is 7.33. The highest BCUT2D eigenvalue weighted by atomic mass is 35.5. The second-order valence-electron chi connectivity index (χ2n) is 6.46. The lowest BCUT2D eigenvalue weighted by Gasteiger charge is -2.11. The molecule has 0 saturated heterocycles.